The zero-order chi connectivity index (χ0) is 11.8. The van der Waals surface area contributed by atoms with Gasteiger partial charge in [0, 0.05) is 18.1 Å². The van der Waals surface area contributed by atoms with Crippen LogP contribution in [0.5, 0.6) is 0 Å². The zero-order valence-electron chi connectivity index (χ0n) is 9.96. The summed E-state index contributed by atoms with van der Waals surface area (Å²) in [5, 5.41) is 4.44. The van der Waals surface area contributed by atoms with E-state index in [1.54, 1.807) is 0 Å². The maximum absolute atomic E-state index is 4.56. The second-order valence-electron chi connectivity index (χ2n) is 4.28. The van der Waals surface area contributed by atoms with E-state index in [1.165, 1.54) is 5.69 Å². The molecule has 4 heteroatoms. The van der Waals surface area contributed by atoms with Gasteiger partial charge in [0.1, 0.15) is 5.65 Å². The number of imidazole rings is 1. The highest BCUT2D eigenvalue weighted by Crippen LogP contribution is 2.08. The van der Waals surface area contributed by atoms with E-state index >= 15 is 0 Å². The fourth-order valence-corrected chi connectivity index (χ4v) is 2.05. The molecule has 3 aromatic heterocycles. The van der Waals surface area contributed by atoms with Crippen LogP contribution >= 0.6 is 0 Å². The van der Waals surface area contributed by atoms with Crippen LogP contribution in [-0.4, -0.2) is 19.2 Å². The van der Waals surface area contributed by atoms with E-state index in [4.69, 9.17) is 0 Å². The fraction of sp³-hybridized carbons (Fsp3) is 0.231. The quantitative estimate of drug-likeness (QED) is 0.671. The van der Waals surface area contributed by atoms with Crippen molar-refractivity contribution < 1.29 is 0 Å². The second-order valence-corrected chi connectivity index (χ2v) is 4.28. The summed E-state index contributed by atoms with van der Waals surface area (Å²) in [6, 6.07) is 8.08. The summed E-state index contributed by atoms with van der Waals surface area (Å²) < 4.78 is 4.01. The Labute approximate surface area is 99.5 Å². The Morgan fingerprint density at radius 2 is 2.12 bits per heavy atom. The van der Waals surface area contributed by atoms with E-state index in [9.17, 15) is 0 Å². The van der Waals surface area contributed by atoms with E-state index in [1.807, 2.05) is 46.6 Å². The van der Waals surface area contributed by atoms with Crippen molar-refractivity contribution in [3.05, 3.63) is 53.7 Å². The molecule has 0 aliphatic rings. The maximum atomic E-state index is 4.56. The van der Waals surface area contributed by atoms with E-state index in [-0.39, 0.29) is 0 Å². The molecule has 3 rings (SSSR count). The normalized spacial score (nSPS) is 11.2. The number of pyridine rings is 1. The van der Waals surface area contributed by atoms with Gasteiger partial charge in [-0.15, -0.1) is 0 Å². The van der Waals surface area contributed by atoms with E-state index < -0.39 is 0 Å². The molecular weight excluding hydrogens is 212 g/mol. The molecule has 0 aliphatic carbocycles. The highest BCUT2D eigenvalue weighted by Gasteiger charge is 2.05. The van der Waals surface area contributed by atoms with Crippen molar-refractivity contribution in [2.24, 2.45) is 0 Å². The summed E-state index contributed by atoms with van der Waals surface area (Å²) in [6.45, 7) is 4.80. The van der Waals surface area contributed by atoms with Gasteiger partial charge in [-0.3, -0.25) is 4.68 Å². The first-order valence-corrected chi connectivity index (χ1v) is 5.66. The molecule has 0 aliphatic heterocycles. The molecule has 0 radical (unpaired) electrons. The van der Waals surface area contributed by atoms with E-state index in [2.05, 4.69) is 23.1 Å². The van der Waals surface area contributed by atoms with Crippen LogP contribution in [0.2, 0.25) is 0 Å². The molecule has 0 fully saturated rings. The number of hydrogen-bond acceptors (Lipinski definition) is 2. The third-order valence-electron chi connectivity index (χ3n) is 2.83. The van der Waals surface area contributed by atoms with Crippen molar-refractivity contribution in [3.63, 3.8) is 0 Å². The molecule has 0 saturated heterocycles. The standard InChI is InChI=1S/C13H14N4/c1-10-7-11(2)17(15-10)9-12-8-16-6-4-3-5-13(16)14-12/h3-8H,9H2,1-2H3. The Morgan fingerprint density at radius 1 is 1.24 bits per heavy atom. The van der Waals surface area contributed by atoms with Gasteiger partial charge in [0.05, 0.1) is 17.9 Å². The Kier molecular flexibility index (Phi) is 2.21. The average Bonchev–Trinajstić information content (AvgIpc) is 2.82. The van der Waals surface area contributed by atoms with Gasteiger partial charge < -0.3 is 4.40 Å². The summed E-state index contributed by atoms with van der Waals surface area (Å²) in [7, 11) is 0. The lowest BCUT2D eigenvalue weighted by Crippen LogP contribution is -2.03. The average molecular weight is 226 g/mol. The first-order chi connectivity index (χ1) is 8.22. The van der Waals surface area contributed by atoms with Crippen LogP contribution in [0.25, 0.3) is 5.65 Å². The van der Waals surface area contributed by atoms with E-state index in [0.29, 0.717) is 0 Å². The maximum Gasteiger partial charge on any atom is 0.137 e. The molecule has 0 atom stereocenters. The third kappa shape index (κ3) is 1.82. The van der Waals surface area contributed by atoms with Crippen molar-refractivity contribution in [2.45, 2.75) is 20.4 Å². The van der Waals surface area contributed by atoms with Crippen LogP contribution in [0.15, 0.2) is 36.7 Å². The molecule has 0 aromatic carbocycles. The first kappa shape index (κ1) is 10.1. The number of fused-ring (bicyclic) bond motifs is 1. The lowest BCUT2D eigenvalue weighted by molar-refractivity contribution is 0.649. The van der Waals surface area contributed by atoms with Crippen molar-refractivity contribution in [2.75, 3.05) is 0 Å². The Balaban J connectivity index is 1.97. The van der Waals surface area contributed by atoms with Crippen molar-refractivity contribution >= 4 is 5.65 Å². The SMILES string of the molecule is Cc1cc(C)n(Cc2cn3ccccc3n2)n1. The summed E-state index contributed by atoms with van der Waals surface area (Å²) in [5.41, 5.74) is 4.22. The minimum atomic E-state index is 0.724. The predicted molar refractivity (Wildman–Crippen MR) is 66.0 cm³/mol. The molecule has 86 valence electrons. The van der Waals surface area contributed by atoms with Crippen LogP contribution in [0.4, 0.5) is 0 Å². The predicted octanol–water partition coefficient (Wildman–Crippen LogP) is 2.20. The summed E-state index contributed by atoms with van der Waals surface area (Å²) >= 11 is 0. The van der Waals surface area contributed by atoms with Gasteiger partial charge in [0.2, 0.25) is 0 Å². The minimum Gasteiger partial charge on any atom is -0.307 e. The van der Waals surface area contributed by atoms with Gasteiger partial charge >= 0.3 is 0 Å². The second kappa shape index (κ2) is 3.73. The van der Waals surface area contributed by atoms with E-state index in [0.717, 1.165) is 23.6 Å². The molecule has 17 heavy (non-hydrogen) atoms. The van der Waals surface area contributed by atoms with Gasteiger partial charge in [0.25, 0.3) is 0 Å². The molecule has 4 nitrogen and oxygen atoms in total. The highest BCUT2D eigenvalue weighted by atomic mass is 15.3. The molecule has 0 N–H and O–H groups in total. The van der Waals surface area contributed by atoms with Crippen LogP contribution in [0, 0.1) is 13.8 Å². The molecule has 3 aromatic rings. The molecule has 0 bridgehead atoms. The Bertz CT molecular complexity index is 630. The van der Waals surface area contributed by atoms with Gasteiger partial charge in [-0.05, 0) is 32.0 Å². The molecule has 0 unspecified atom stereocenters. The van der Waals surface area contributed by atoms with Gasteiger partial charge in [-0.2, -0.15) is 5.10 Å². The molecule has 0 spiro atoms. The lowest BCUT2D eigenvalue weighted by Gasteiger charge is -2.00. The Morgan fingerprint density at radius 3 is 2.82 bits per heavy atom. The number of nitrogens with zero attached hydrogens (tertiary/aromatic N) is 4. The van der Waals surface area contributed by atoms with Gasteiger partial charge in [0.15, 0.2) is 0 Å². The van der Waals surface area contributed by atoms with Crippen LogP contribution < -0.4 is 0 Å². The highest BCUT2D eigenvalue weighted by molar-refractivity contribution is 5.39. The molecule has 3 heterocycles. The topological polar surface area (TPSA) is 35.1 Å². The van der Waals surface area contributed by atoms with Crippen LogP contribution in [0.1, 0.15) is 17.1 Å². The zero-order valence-corrected chi connectivity index (χ0v) is 9.96. The van der Waals surface area contributed by atoms with Crippen LogP contribution in [0.3, 0.4) is 0 Å². The fourth-order valence-electron chi connectivity index (χ4n) is 2.05. The molecular formula is C13H14N4. The number of hydrogen-bond donors (Lipinski definition) is 0. The summed E-state index contributed by atoms with van der Waals surface area (Å²) in [6.07, 6.45) is 4.05. The smallest absolute Gasteiger partial charge is 0.137 e. The summed E-state index contributed by atoms with van der Waals surface area (Å²) in [5.74, 6) is 0. The minimum absolute atomic E-state index is 0.724. The molecule has 0 amide bonds. The van der Waals surface area contributed by atoms with Crippen molar-refractivity contribution in [1.29, 1.82) is 0 Å². The van der Waals surface area contributed by atoms with Crippen molar-refractivity contribution in [3.8, 4) is 0 Å². The summed E-state index contributed by atoms with van der Waals surface area (Å²) in [4.78, 5) is 4.56. The largest absolute Gasteiger partial charge is 0.307 e. The number of rotatable bonds is 2. The van der Waals surface area contributed by atoms with Gasteiger partial charge in [-0.1, -0.05) is 6.07 Å². The third-order valence-corrected chi connectivity index (χ3v) is 2.83. The monoisotopic (exact) mass is 226 g/mol. The van der Waals surface area contributed by atoms with Crippen molar-refractivity contribution in [1.82, 2.24) is 19.2 Å². The first-order valence-electron chi connectivity index (χ1n) is 5.66. The number of aryl methyl sites for hydroxylation is 2. The molecule has 0 saturated carbocycles. The van der Waals surface area contributed by atoms with Crippen LogP contribution in [-0.2, 0) is 6.54 Å². The number of aromatic nitrogens is 4. The lowest BCUT2D eigenvalue weighted by atomic mass is 10.4. The van der Waals surface area contributed by atoms with Gasteiger partial charge in [-0.25, -0.2) is 4.98 Å². The Hall–Kier alpha value is -2.10.